The predicted octanol–water partition coefficient (Wildman–Crippen LogP) is 3.49. The molecule has 1 N–H and O–H groups in total. The predicted molar refractivity (Wildman–Crippen MR) is 88.6 cm³/mol. The number of nitrogens with one attached hydrogen (secondary N) is 1. The van der Waals surface area contributed by atoms with E-state index in [2.05, 4.69) is 24.1 Å². The molecule has 0 unspecified atom stereocenters. The minimum atomic E-state index is -0.766. The van der Waals surface area contributed by atoms with Crippen molar-refractivity contribution < 1.29 is 14.3 Å². The fourth-order valence-corrected chi connectivity index (χ4v) is 3.13. The minimum absolute atomic E-state index is 0.0911. The number of esters is 1. The second kappa shape index (κ2) is 7.97. The quantitative estimate of drug-likeness (QED) is 0.660. The maximum Gasteiger partial charge on any atom is 0.359 e. The zero-order chi connectivity index (χ0) is 17.0. The lowest BCUT2D eigenvalue weighted by Crippen LogP contribution is -2.45. The van der Waals surface area contributed by atoms with Crippen molar-refractivity contribution in [1.29, 1.82) is 0 Å². The van der Waals surface area contributed by atoms with Crippen LogP contribution in [0.2, 0.25) is 10.2 Å². The number of pyridine rings is 1. The van der Waals surface area contributed by atoms with Crippen LogP contribution in [-0.4, -0.2) is 29.5 Å². The average Bonchev–Trinajstić information content (AvgIpc) is 2.52. The standard InChI is InChI=1S/C16H20Cl2N2O3/c1-9-4-3-5-12(10(9)2)19-14(21)8-23-16(22)15-11(17)6-7-13(18)20-15/h6-7,9-10,12H,3-5,8H2,1-2H3,(H,19,21)/t9-,10-,12-/m1/s1. The summed E-state index contributed by atoms with van der Waals surface area (Å²) in [6.07, 6.45) is 3.23. The molecule has 1 fully saturated rings. The summed E-state index contributed by atoms with van der Waals surface area (Å²) in [7, 11) is 0. The van der Waals surface area contributed by atoms with Crippen molar-refractivity contribution in [3.63, 3.8) is 0 Å². The Kier molecular flexibility index (Phi) is 6.25. The van der Waals surface area contributed by atoms with E-state index in [9.17, 15) is 9.59 Å². The lowest BCUT2D eigenvalue weighted by molar-refractivity contribution is -0.125. The van der Waals surface area contributed by atoms with Crippen molar-refractivity contribution in [3.8, 4) is 0 Å². The van der Waals surface area contributed by atoms with Crippen molar-refractivity contribution in [2.45, 2.75) is 39.2 Å². The van der Waals surface area contributed by atoms with Crippen LogP contribution in [0.15, 0.2) is 12.1 Å². The van der Waals surface area contributed by atoms with Gasteiger partial charge < -0.3 is 10.1 Å². The average molecular weight is 359 g/mol. The molecule has 0 spiro atoms. The van der Waals surface area contributed by atoms with E-state index < -0.39 is 5.97 Å². The minimum Gasteiger partial charge on any atom is -0.451 e. The smallest absolute Gasteiger partial charge is 0.359 e. The lowest BCUT2D eigenvalue weighted by atomic mass is 9.78. The number of carbonyl (C=O) groups excluding carboxylic acids is 2. The molecular formula is C16H20Cl2N2O3. The largest absolute Gasteiger partial charge is 0.451 e. The van der Waals surface area contributed by atoms with Crippen LogP contribution < -0.4 is 5.32 Å². The molecule has 126 valence electrons. The molecule has 1 amide bonds. The fraction of sp³-hybridized carbons (Fsp3) is 0.562. The summed E-state index contributed by atoms with van der Waals surface area (Å²) in [6.45, 7) is 3.97. The molecule has 0 saturated heterocycles. The summed E-state index contributed by atoms with van der Waals surface area (Å²) in [4.78, 5) is 27.7. The van der Waals surface area contributed by atoms with Crippen molar-refractivity contribution in [1.82, 2.24) is 10.3 Å². The molecule has 0 bridgehead atoms. The zero-order valence-electron chi connectivity index (χ0n) is 13.1. The second-order valence-electron chi connectivity index (χ2n) is 5.98. The monoisotopic (exact) mass is 358 g/mol. The van der Waals surface area contributed by atoms with Gasteiger partial charge in [0.2, 0.25) is 0 Å². The Balaban J connectivity index is 1.86. The molecule has 1 aromatic rings. The van der Waals surface area contributed by atoms with Crippen molar-refractivity contribution >= 4 is 35.1 Å². The van der Waals surface area contributed by atoms with E-state index in [4.69, 9.17) is 27.9 Å². The summed E-state index contributed by atoms with van der Waals surface area (Å²) in [5.41, 5.74) is -0.0911. The van der Waals surface area contributed by atoms with Gasteiger partial charge in [0.1, 0.15) is 5.15 Å². The number of amides is 1. The Morgan fingerprint density at radius 1 is 1.30 bits per heavy atom. The molecule has 0 radical (unpaired) electrons. The molecule has 1 aliphatic carbocycles. The topological polar surface area (TPSA) is 68.3 Å². The first kappa shape index (κ1) is 18.0. The van der Waals surface area contributed by atoms with Crippen molar-refractivity contribution in [2.75, 3.05) is 6.61 Å². The number of carbonyl (C=O) groups is 2. The molecule has 3 atom stereocenters. The number of aromatic nitrogens is 1. The van der Waals surface area contributed by atoms with Gasteiger partial charge in [-0.1, -0.05) is 49.9 Å². The Hall–Kier alpha value is -1.33. The van der Waals surface area contributed by atoms with Gasteiger partial charge in [-0.25, -0.2) is 9.78 Å². The SMILES string of the molecule is C[C@@H]1[C@H](C)CCC[C@H]1NC(=O)COC(=O)c1nc(Cl)ccc1Cl. The van der Waals surface area contributed by atoms with Crippen LogP contribution in [0.25, 0.3) is 0 Å². The Morgan fingerprint density at radius 2 is 2.04 bits per heavy atom. The maximum absolute atomic E-state index is 12.0. The van der Waals surface area contributed by atoms with Gasteiger partial charge >= 0.3 is 5.97 Å². The van der Waals surface area contributed by atoms with E-state index in [-0.39, 0.29) is 34.4 Å². The summed E-state index contributed by atoms with van der Waals surface area (Å²) in [6, 6.07) is 3.05. The molecule has 1 aromatic heterocycles. The zero-order valence-corrected chi connectivity index (χ0v) is 14.7. The third kappa shape index (κ3) is 4.82. The number of hydrogen-bond acceptors (Lipinski definition) is 4. The van der Waals surface area contributed by atoms with Crippen LogP contribution in [0.4, 0.5) is 0 Å². The van der Waals surface area contributed by atoms with Crippen LogP contribution in [-0.2, 0) is 9.53 Å². The van der Waals surface area contributed by atoms with E-state index >= 15 is 0 Å². The van der Waals surface area contributed by atoms with Crippen LogP contribution in [0.5, 0.6) is 0 Å². The first-order valence-corrected chi connectivity index (χ1v) is 8.42. The number of halogens is 2. The van der Waals surface area contributed by atoms with Gasteiger partial charge in [-0.15, -0.1) is 0 Å². The number of nitrogens with zero attached hydrogens (tertiary/aromatic N) is 1. The molecule has 1 saturated carbocycles. The van der Waals surface area contributed by atoms with E-state index in [1.807, 2.05) is 0 Å². The summed E-state index contributed by atoms with van der Waals surface area (Å²) < 4.78 is 4.97. The molecule has 2 rings (SSSR count). The fourth-order valence-electron chi connectivity index (χ4n) is 2.80. The first-order chi connectivity index (χ1) is 10.9. The summed E-state index contributed by atoms with van der Waals surface area (Å²) in [5.74, 6) is -0.0985. The first-order valence-electron chi connectivity index (χ1n) is 7.67. The second-order valence-corrected chi connectivity index (χ2v) is 6.78. The molecule has 1 aliphatic rings. The van der Waals surface area contributed by atoms with Gasteiger partial charge in [-0.05, 0) is 30.4 Å². The molecule has 0 aromatic carbocycles. The Labute approximate surface area is 145 Å². The highest BCUT2D eigenvalue weighted by molar-refractivity contribution is 6.34. The maximum atomic E-state index is 12.0. The number of hydrogen-bond donors (Lipinski definition) is 1. The van der Waals surface area contributed by atoms with E-state index in [1.165, 1.54) is 18.6 Å². The van der Waals surface area contributed by atoms with Gasteiger partial charge in [0.05, 0.1) is 5.02 Å². The van der Waals surface area contributed by atoms with E-state index in [1.54, 1.807) is 0 Å². The molecule has 1 heterocycles. The van der Waals surface area contributed by atoms with Crippen LogP contribution in [0.3, 0.4) is 0 Å². The molecule has 7 heteroatoms. The molecular weight excluding hydrogens is 339 g/mol. The van der Waals surface area contributed by atoms with Gasteiger partial charge in [0, 0.05) is 6.04 Å². The van der Waals surface area contributed by atoms with Crippen LogP contribution in [0, 0.1) is 11.8 Å². The Bertz CT molecular complexity index is 595. The van der Waals surface area contributed by atoms with Crippen molar-refractivity contribution in [2.24, 2.45) is 11.8 Å². The van der Waals surface area contributed by atoms with Crippen LogP contribution in [0.1, 0.15) is 43.6 Å². The highest BCUT2D eigenvalue weighted by atomic mass is 35.5. The van der Waals surface area contributed by atoms with E-state index in [0.717, 1.165) is 12.8 Å². The van der Waals surface area contributed by atoms with Crippen LogP contribution >= 0.6 is 23.2 Å². The Morgan fingerprint density at radius 3 is 2.78 bits per heavy atom. The number of ether oxygens (including phenoxy) is 1. The highest BCUT2D eigenvalue weighted by Crippen LogP contribution is 2.29. The molecule has 0 aliphatic heterocycles. The van der Waals surface area contributed by atoms with Gasteiger partial charge in [-0.3, -0.25) is 4.79 Å². The summed E-state index contributed by atoms with van der Waals surface area (Å²) >= 11 is 11.6. The summed E-state index contributed by atoms with van der Waals surface area (Å²) in [5, 5.41) is 3.21. The lowest BCUT2D eigenvalue weighted by Gasteiger charge is -2.34. The molecule has 5 nitrogen and oxygen atoms in total. The van der Waals surface area contributed by atoms with E-state index in [0.29, 0.717) is 11.8 Å². The molecule has 23 heavy (non-hydrogen) atoms. The van der Waals surface area contributed by atoms with Gasteiger partial charge in [0.15, 0.2) is 12.3 Å². The van der Waals surface area contributed by atoms with Gasteiger partial charge in [-0.2, -0.15) is 0 Å². The van der Waals surface area contributed by atoms with Crippen molar-refractivity contribution in [3.05, 3.63) is 28.0 Å². The number of rotatable bonds is 4. The highest BCUT2D eigenvalue weighted by Gasteiger charge is 2.28. The third-order valence-corrected chi connectivity index (χ3v) is 4.91. The normalized spacial score (nSPS) is 24.1. The van der Waals surface area contributed by atoms with Gasteiger partial charge in [0.25, 0.3) is 5.91 Å². The third-order valence-electron chi connectivity index (χ3n) is 4.39.